The molecule has 2 fully saturated rings. The molecule has 2 atom stereocenters. The Morgan fingerprint density at radius 2 is 1.93 bits per heavy atom. The van der Waals surface area contributed by atoms with Crippen molar-refractivity contribution in [3.8, 4) is 5.75 Å². The molecule has 1 amide bonds. The van der Waals surface area contributed by atoms with Crippen LogP contribution in [0.25, 0.3) is 0 Å². The second kappa shape index (κ2) is 7.92. The van der Waals surface area contributed by atoms with Crippen LogP contribution in [0.3, 0.4) is 0 Å². The maximum atomic E-state index is 13.6. The van der Waals surface area contributed by atoms with Crippen molar-refractivity contribution in [2.75, 3.05) is 20.2 Å². The molecule has 1 aliphatic carbocycles. The molecule has 0 radical (unpaired) electrons. The third-order valence-electron chi connectivity index (χ3n) is 6.40. The second-order valence-electron chi connectivity index (χ2n) is 8.08. The molecule has 5 nitrogen and oxygen atoms in total. The van der Waals surface area contributed by atoms with E-state index in [4.69, 9.17) is 4.74 Å². The smallest absolute Gasteiger partial charge is 0.233 e. The summed E-state index contributed by atoms with van der Waals surface area (Å²) < 4.78 is 5.28. The fourth-order valence-electron chi connectivity index (χ4n) is 4.83. The first-order valence-electron chi connectivity index (χ1n) is 10.1. The Hall–Kier alpha value is -2.40. The van der Waals surface area contributed by atoms with Crippen LogP contribution in [0.1, 0.15) is 36.9 Å². The molecule has 2 aromatic rings. The molecule has 1 N–H and O–H groups in total. The van der Waals surface area contributed by atoms with E-state index in [0.29, 0.717) is 19.5 Å². The van der Waals surface area contributed by atoms with E-state index in [1.54, 1.807) is 13.3 Å². The van der Waals surface area contributed by atoms with Gasteiger partial charge in [0.25, 0.3) is 0 Å². The number of carbonyl (C=O) groups excluding carboxylic acids is 1. The zero-order valence-electron chi connectivity index (χ0n) is 16.4. The minimum absolute atomic E-state index is 0.0353. The molecule has 2 unspecified atom stereocenters. The topological polar surface area (TPSA) is 62.7 Å². The third-order valence-corrected chi connectivity index (χ3v) is 6.40. The molecule has 28 heavy (non-hydrogen) atoms. The summed E-state index contributed by atoms with van der Waals surface area (Å²) in [5.41, 5.74) is 1.57. The van der Waals surface area contributed by atoms with Crippen molar-refractivity contribution in [3.05, 3.63) is 59.9 Å². The third kappa shape index (κ3) is 3.51. The summed E-state index contributed by atoms with van der Waals surface area (Å²) >= 11 is 0. The molecular formula is C23H28N2O3. The van der Waals surface area contributed by atoms with Crippen LogP contribution in [-0.2, 0) is 16.6 Å². The maximum Gasteiger partial charge on any atom is 0.233 e. The van der Waals surface area contributed by atoms with Gasteiger partial charge in [-0.15, -0.1) is 0 Å². The lowest BCUT2D eigenvalue weighted by molar-refractivity contribution is -0.136. The number of amides is 1. The highest BCUT2D eigenvalue weighted by molar-refractivity contribution is 5.89. The molecule has 1 aliphatic heterocycles. The summed E-state index contributed by atoms with van der Waals surface area (Å²) in [5, 5.41) is 10.6. The van der Waals surface area contributed by atoms with Gasteiger partial charge in [-0.25, -0.2) is 0 Å². The number of carbonyl (C=O) groups is 1. The summed E-state index contributed by atoms with van der Waals surface area (Å²) in [4.78, 5) is 19.9. The highest BCUT2D eigenvalue weighted by Gasteiger charge is 2.47. The monoisotopic (exact) mass is 380 g/mol. The van der Waals surface area contributed by atoms with Gasteiger partial charge in [-0.1, -0.05) is 31.0 Å². The van der Waals surface area contributed by atoms with Gasteiger partial charge in [-0.05, 0) is 49.1 Å². The second-order valence-corrected chi connectivity index (χ2v) is 8.08. The van der Waals surface area contributed by atoms with E-state index in [-0.39, 0.29) is 11.8 Å². The lowest BCUT2D eigenvalue weighted by Crippen LogP contribution is -2.45. The van der Waals surface area contributed by atoms with Crippen molar-refractivity contribution in [2.45, 2.75) is 43.6 Å². The summed E-state index contributed by atoms with van der Waals surface area (Å²) in [6.45, 7) is 1.00. The highest BCUT2D eigenvalue weighted by atomic mass is 16.5. The SMILES string of the molecule is COc1ccc(C2(C(=O)N3CC(O)C(Cc4ccccn4)C3)CCCC2)cc1. The first-order chi connectivity index (χ1) is 13.6. The number of nitrogens with zero attached hydrogens (tertiary/aromatic N) is 2. The number of hydrogen-bond acceptors (Lipinski definition) is 4. The summed E-state index contributed by atoms with van der Waals surface area (Å²) in [5.74, 6) is 1.00. The van der Waals surface area contributed by atoms with Crippen molar-refractivity contribution in [2.24, 2.45) is 5.92 Å². The molecule has 2 aliphatic rings. The van der Waals surface area contributed by atoms with Crippen molar-refractivity contribution in [3.63, 3.8) is 0 Å². The first kappa shape index (κ1) is 18.9. The van der Waals surface area contributed by atoms with Gasteiger partial charge in [0.15, 0.2) is 0 Å². The summed E-state index contributed by atoms with van der Waals surface area (Å²) in [7, 11) is 1.65. The number of methoxy groups -OCH3 is 1. The summed E-state index contributed by atoms with van der Waals surface area (Å²) in [6.07, 6.45) is 5.83. The van der Waals surface area contributed by atoms with Crippen LogP contribution in [0.2, 0.25) is 0 Å². The number of pyridine rings is 1. The Bertz CT molecular complexity index is 800. The fraction of sp³-hybridized carbons (Fsp3) is 0.478. The molecule has 1 saturated carbocycles. The molecule has 1 aromatic heterocycles. The van der Waals surface area contributed by atoms with Crippen LogP contribution in [0, 0.1) is 5.92 Å². The zero-order valence-corrected chi connectivity index (χ0v) is 16.4. The molecular weight excluding hydrogens is 352 g/mol. The van der Waals surface area contributed by atoms with Gasteiger partial charge in [0.1, 0.15) is 5.75 Å². The average Bonchev–Trinajstić information content (AvgIpc) is 3.37. The van der Waals surface area contributed by atoms with E-state index in [2.05, 4.69) is 4.98 Å². The molecule has 5 heteroatoms. The number of aliphatic hydroxyl groups excluding tert-OH is 1. The van der Waals surface area contributed by atoms with Crippen LogP contribution in [0.5, 0.6) is 5.75 Å². The van der Waals surface area contributed by atoms with Gasteiger partial charge in [0, 0.05) is 30.9 Å². The fourth-order valence-corrected chi connectivity index (χ4v) is 4.83. The molecule has 1 aromatic carbocycles. The number of aromatic nitrogens is 1. The zero-order chi connectivity index (χ0) is 19.6. The highest BCUT2D eigenvalue weighted by Crippen LogP contribution is 2.44. The Morgan fingerprint density at radius 1 is 1.18 bits per heavy atom. The average molecular weight is 380 g/mol. The van der Waals surface area contributed by atoms with E-state index in [9.17, 15) is 9.90 Å². The van der Waals surface area contributed by atoms with Gasteiger partial charge in [-0.2, -0.15) is 0 Å². The van der Waals surface area contributed by atoms with Crippen LogP contribution >= 0.6 is 0 Å². The van der Waals surface area contributed by atoms with Crippen molar-refractivity contribution < 1.29 is 14.6 Å². The molecule has 4 rings (SSSR count). The molecule has 0 spiro atoms. The van der Waals surface area contributed by atoms with Crippen molar-refractivity contribution in [1.29, 1.82) is 0 Å². The van der Waals surface area contributed by atoms with Gasteiger partial charge < -0.3 is 14.7 Å². The van der Waals surface area contributed by atoms with Crippen LogP contribution in [0.15, 0.2) is 48.7 Å². The van der Waals surface area contributed by atoms with Crippen molar-refractivity contribution in [1.82, 2.24) is 9.88 Å². The quantitative estimate of drug-likeness (QED) is 0.866. The normalized spacial score (nSPS) is 23.7. The number of β-amino-alcohol motifs (C(OH)–C–C–N with tert-alkyl or cyclic N) is 1. The van der Waals surface area contributed by atoms with Gasteiger partial charge in [0.05, 0.1) is 18.6 Å². The number of ether oxygens (including phenoxy) is 1. The molecule has 0 bridgehead atoms. The minimum atomic E-state index is -0.500. The van der Waals surface area contributed by atoms with E-state index in [0.717, 1.165) is 42.7 Å². The predicted molar refractivity (Wildman–Crippen MR) is 107 cm³/mol. The minimum Gasteiger partial charge on any atom is -0.497 e. The van der Waals surface area contributed by atoms with Crippen molar-refractivity contribution >= 4 is 5.91 Å². The number of rotatable bonds is 5. The van der Waals surface area contributed by atoms with E-state index in [1.807, 2.05) is 47.4 Å². The Morgan fingerprint density at radius 3 is 2.57 bits per heavy atom. The van der Waals surface area contributed by atoms with Gasteiger partial charge in [0.2, 0.25) is 5.91 Å². The van der Waals surface area contributed by atoms with Gasteiger partial charge in [-0.3, -0.25) is 9.78 Å². The van der Waals surface area contributed by atoms with Crippen LogP contribution in [-0.4, -0.2) is 47.2 Å². The lowest BCUT2D eigenvalue weighted by atomic mass is 9.77. The van der Waals surface area contributed by atoms with E-state index in [1.165, 1.54) is 0 Å². The lowest BCUT2D eigenvalue weighted by Gasteiger charge is -2.33. The summed E-state index contributed by atoms with van der Waals surface area (Å²) in [6, 6.07) is 13.8. The maximum absolute atomic E-state index is 13.6. The van der Waals surface area contributed by atoms with E-state index < -0.39 is 11.5 Å². The number of likely N-dealkylation sites (tertiary alicyclic amines) is 1. The first-order valence-corrected chi connectivity index (χ1v) is 10.1. The van der Waals surface area contributed by atoms with Crippen LogP contribution in [0.4, 0.5) is 0 Å². The number of hydrogen-bond donors (Lipinski definition) is 1. The number of aliphatic hydroxyl groups is 1. The van der Waals surface area contributed by atoms with E-state index >= 15 is 0 Å². The van der Waals surface area contributed by atoms with Crippen LogP contribution < -0.4 is 4.74 Å². The predicted octanol–water partition coefficient (Wildman–Crippen LogP) is 2.96. The largest absolute Gasteiger partial charge is 0.497 e. The molecule has 2 heterocycles. The number of benzene rings is 1. The Labute approximate surface area is 166 Å². The molecule has 1 saturated heterocycles. The molecule has 148 valence electrons. The Balaban J connectivity index is 1.53. The Kier molecular flexibility index (Phi) is 5.36. The standard InChI is InChI=1S/C23H28N2O3/c1-28-20-9-7-18(8-10-20)23(11-3-4-12-23)22(27)25-15-17(21(26)16-25)14-19-6-2-5-13-24-19/h2,5-10,13,17,21,26H,3-4,11-12,14-16H2,1H3. The van der Waals surface area contributed by atoms with Gasteiger partial charge >= 0.3 is 0 Å².